The van der Waals surface area contributed by atoms with Gasteiger partial charge in [0, 0.05) is 13.0 Å². The summed E-state index contributed by atoms with van der Waals surface area (Å²) in [4.78, 5) is 12.3. The number of methoxy groups -OCH3 is 1. The van der Waals surface area contributed by atoms with Crippen LogP contribution in [-0.2, 0) is 14.9 Å². The molecule has 3 nitrogen and oxygen atoms in total. The van der Waals surface area contributed by atoms with E-state index in [9.17, 15) is 4.79 Å². The van der Waals surface area contributed by atoms with E-state index in [1.807, 2.05) is 30.3 Å². The number of halogens is 1. The maximum atomic E-state index is 12.3. The molecule has 0 radical (unpaired) electrons. The molecule has 1 aromatic rings. The number of nitrogens with one attached hydrogen (secondary N) is 1. The quantitative estimate of drug-likeness (QED) is 0.802. The van der Waals surface area contributed by atoms with Gasteiger partial charge in [-0.25, -0.2) is 0 Å². The summed E-state index contributed by atoms with van der Waals surface area (Å²) in [6.45, 7) is 0.445. The van der Waals surface area contributed by atoms with Crippen molar-refractivity contribution in [3.05, 3.63) is 35.9 Å². The number of hydrogen-bond donors (Lipinski definition) is 1. The van der Waals surface area contributed by atoms with E-state index in [1.54, 1.807) is 7.11 Å². The summed E-state index contributed by atoms with van der Waals surface area (Å²) in [5.41, 5.74) is 0.757. The van der Waals surface area contributed by atoms with Gasteiger partial charge in [-0.1, -0.05) is 30.3 Å². The van der Waals surface area contributed by atoms with E-state index in [0.29, 0.717) is 12.5 Å². The molecule has 4 heteroatoms. The molecule has 1 fully saturated rings. The summed E-state index contributed by atoms with van der Waals surface area (Å²) >= 11 is 5.81. The van der Waals surface area contributed by atoms with Gasteiger partial charge in [-0.15, -0.1) is 11.6 Å². The molecule has 1 N–H and O–H groups in total. The summed E-state index contributed by atoms with van der Waals surface area (Å²) in [5.74, 6) is 0.432. The molecule has 98 valence electrons. The Morgan fingerprint density at radius 1 is 1.44 bits per heavy atom. The molecule has 2 rings (SSSR count). The predicted octanol–water partition coefficient (Wildman–Crippen LogP) is 2.09. The molecule has 1 saturated carbocycles. The Balaban J connectivity index is 2.05. The first-order valence-corrected chi connectivity index (χ1v) is 6.68. The van der Waals surface area contributed by atoms with Crippen LogP contribution in [0.15, 0.2) is 30.3 Å². The van der Waals surface area contributed by atoms with Crippen molar-refractivity contribution >= 4 is 17.5 Å². The van der Waals surface area contributed by atoms with E-state index in [0.717, 1.165) is 18.4 Å². The standard InChI is InChI=1S/C14H18ClNO2/c1-18-10-12(9-15)16-13(17)14(7-8-14)11-5-3-2-4-6-11/h2-6,12H,7-10H2,1H3,(H,16,17). The zero-order valence-corrected chi connectivity index (χ0v) is 11.2. The van der Waals surface area contributed by atoms with Crippen LogP contribution < -0.4 is 5.32 Å². The van der Waals surface area contributed by atoms with E-state index < -0.39 is 0 Å². The average molecular weight is 268 g/mol. The van der Waals surface area contributed by atoms with Gasteiger partial charge in [0.25, 0.3) is 0 Å². The summed E-state index contributed by atoms with van der Waals surface area (Å²) in [5, 5.41) is 2.97. The van der Waals surface area contributed by atoms with Crippen LogP contribution in [-0.4, -0.2) is 31.5 Å². The van der Waals surface area contributed by atoms with Crippen molar-refractivity contribution in [1.29, 1.82) is 0 Å². The van der Waals surface area contributed by atoms with Gasteiger partial charge < -0.3 is 10.1 Å². The second-order valence-electron chi connectivity index (χ2n) is 4.73. The fourth-order valence-corrected chi connectivity index (χ4v) is 2.34. The average Bonchev–Trinajstić information content (AvgIpc) is 3.20. The van der Waals surface area contributed by atoms with Crippen molar-refractivity contribution in [2.24, 2.45) is 0 Å². The fraction of sp³-hybridized carbons (Fsp3) is 0.500. The third-order valence-corrected chi connectivity index (χ3v) is 3.77. The maximum Gasteiger partial charge on any atom is 0.230 e. The second-order valence-corrected chi connectivity index (χ2v) is 5.04. The number of ether oxygens (including phenoxy) is 1. The van der Waals surface area contributed by atoms with Crippen LogP contribution in [0.3, 0.4) is 0 Å². The van der Waals surface area contributed by atoms with Gasteiger partial charge in [-0.05, 0) is 18.4 Å². The van der Waals surface area contributed by atoms with Crippen molar-refractivity contribution in [3.8, 4) is 0 Å². The largest absolute Gasteiger partial charge is 0.383 e. The van der Waals surface area contributed by atoms with Crippen molar-refractivity contribution in [1.82, 2.24) is 5.32 Å². The van der Waals surface area contributed by atoms with E-state index in [-0.39, 0.29) is 17.4 Å². The molecule has 0 heterocycles. The molecule has 1 unspecified atom stereocenters. The molecular formula is C14H18ClNO2. The van der Waals surface area contributed by atoms with Gasteiger partial charge in [0.15, 0.2) is 0 Å². The highest BCUT2D eigenvalue weighted by Gasteiger charge is 2.51. The van der Waals surface area contributed by atoms with Gasteiger partial charge in [0.05, 0.1) is 18.1 Å². The second kappa shape index (κ2) is 5.72. The third-order valence-electron chi connectivity index (χ3n) is 3.40. The molecule has 0 saturated heterocycles. The van der Waals surface area contributed by atoms with Gasteiger partial charge in [-0.3, -0.25) is 4.79 Å². The molecule has 18 heavy (non-hydrogen) atoms. The lowest BCUT2D eigenvalue weighted by Crippen LogP contribution is -2.44. The first kappa shape index (κ1) is 13.4. The molecule has 0 bridgehead atoms. The Labute approximate surface area is 112 Å². The highest BCUT2D eigenvalue weighted by atomic mass is 35.5. The number of benzene rings is 1. The molecule has 1 amide bonds. The predicted molar refractivity (Wildman–Crippen MR) is 71.9 cm³/mol. The minimum atomic E-state index is -0.334. The summed E-state index contributed by atoms with van der Waals surface area (Å²) in [7, 11) is 1.61. The Morgan fingerprint density at radius 2 is 2.11 bits per heavy atom. The number of amides is 1. The minimum absolute atomic E-state index is 0.0661. The van der Waals surface area contributed by atoms with Crippen molar-refractivity contribution in [2.75, 3.05) is 19.6 Å². The zero-order chi connectivity index (χ0) is 13.0. The fourth-order valence-electron chi connectivity index (χ4n) is 2.18. The molecule has 0 spiro atoms. The first-order valence-electron chi connectivity index (χ1n) is 6.14. The summed E-state index contributed by atoms with van der Waals surface area (Å²) in [6, 6.07) is 9.81. The highest BCUT2D eigenvalue weighted by molar-refractivity contribution is 6.18. The van der Waals surface area contributed by atoms with Crippen LogP contribution in [0.25, 0.3) is 0 Å². The highest BCUT2D eigenvalue weighted by Crippen LogP contribution is 2.48. The molecule has 1 atom stereocenters. The molecule has 1 aromatic carbocycles. The topological polar surface area (TPSA) is 38.3 Å². The Kier molecular flexibility index (Phi) is 4.25. The molecule has 0 aromatic heterocycles. The number of carbonyl (C=O) groups is 1. The lowest BCUT2D eigenvalue weighted by Gasteiger charge is -2.20. The van der Waals surface area contributed by atoms with Gasteiger partial charge >= 0.3 is 0 Å². The maximum absolute atomic E-state index is 12.3. The lowest BCUT2D eigenvalue weighted by atomic mass is 9.95. The van der Waals surface area contributed by atoms with E-state index in [4.69, 9.17) is 16.3 Å². The van der Waals surface area contributed by atoms with Gasteiger partial charge in [0.2, 0.25) is 5.91 Å². The van der Waals surface area contributed by atoms with E-state index in [1.165, 1.54) is 0 Å². The van der Waals surface area contributed by atoms with Crippen LogP contribution >= 0.6 is 11.6 Å². The number of hydrogen-bond acceptors (Lipinski definition) is 2. The zero-order valence-electron chi connectivity index (χ0n) is 10.5. The smallest absolute Gasteiger partial charge is 0.230 e. The molecule has 0 aliphatic heterocycles. The molecule has 1 aliphatic carbocycles. The van der Waals surface area contributed by atoms with Crippen LogP contribution in [0.5, 0.6) is 0 Å². The van der Waals surface area contributed by atoms with Crippen molar-refractivity contribution in [3.63, 3.8) is 0 Å². The van der Waals surface area contributed by atoms with Gasteiger partial charge in [0.1, 0.15) is 0 Å². The van der Waals surface area contributed by atoms with Crippen LogP contribution in [0.4, 0.5) is 0 Å². The van der Waals surface area contributed by atoms with Crippen molar-refractivity contribution < 1.29 is 9.53 Å². The van der Waals surface area contributed by atoms with Crippen molar-refractivity contribution in [2.45, 2.75) is 24.3 Å². The van der Waals surface area contributed by atoms with E-state index >= 15 is 0 Å². The van der Waals surface area contributed by atoms with Gasteiger partial charge in [-0.2, -0.15) is 0 Å². The number of alkyl halides is 1. The monoisotopic (exact) mass is 267 g/mol. The molecule has 1 aliphatic rings. The first-order chi connectivity index (χ1) is 8.73. The van der Waals surface area contributed by atoms with E-state index in [2.05, 4.69) is 5.32 Å². The normalized spacial score (nSPS) is 18.1. The Bertz CT molecular complexity index is 404. The Hall–Kier alpha value is -1.06. The molecular weight excluding hydrogens is 250 g/mol. The summed E-state index contributed by atoms with van der Waals surface area (Å²) < 4.78 is 5.04. The van der Waals surface area contributed by atoms with Crippen LogP contribution in [0.2, 0.25) is 0 Å². The van der Waals surface area contributed by atoms with Crippen LogP contribution in [0, 0.1) is 0 Å². The SMILES string of the molecule is COCC(CCl)NC(=O)C1(c2ccccc2)CC1. The lowest BCUT2D eigenvalue weighted by molar-refractivity contribution is -0.124. The number of carbonyl (C=O) groups excluding carboxylic acids is 1. The number of rotatable bonds is 6. The minimum Gasteiger partial charge on any atom is -0.383 e. The summed E-state index contributed by atoms with van der Waals surface area (Å²) in [6.07, 6.45) is 1.82. The third kappa shape index (κ3) is 2.68. The Morgan fingerprint density at radius 3 is 2.61 bits per heavy atom. The van der Waals surface area contributed by atoms with Crippen LogP contribution in [0.1, 0.15) is 18.4 Å².